The smallest absolute Gasteiger partial charge is 0.335 e. The van der Waals surface area contributed by atoms with Gasteiger partial charge in [0.15, 0.2) is 0 Å². The average Bonchev–Trinajstić information content (AvgIpc) is 2.82. The van der Waals surface area contributed by atoms with Crippen molar-refractivity contribution in [2.24, 2.45) is 5.92 Å². The highest BCUT2D eigenvalue weighted by atomic mass is 32.2. The Labute approximate surface area is 122 Å². The van der Waals surface area contributed by atoms with Crippen molar-refractivity contribution in [2.75, 3.05) is 11.5 Å². The Hall–Kier alpha value is -1.69. The van der Waals surface area contributed by atoms with E-state index in [1.807, 2.05) is 11.8 Å². The van der Waals surface area contributed by atoms with Crippen molar-refractivity contribution in [2.45, 2.75) is 19.5 Å². The molecule has 20 heavy (non-hydrogen) atoms. The van der Waals surface area contributed by atoms with Crippen LogP contribution in [0.1, 0.15) is 22.8 Å². The zero-order valence-corrected chi connectivity index (χ0v) is 12.1. The van der Waals surface area contributed by atoms with Crippen molar-refractivity contribution in [3.63, 3.8) is 0 Å². The summed E-state index contributed by atoms with van der Waals surface area (Å²) >= 11 is 1.85. The Kier molecular flexibility index (Phi) is 4.89. The average molecular weight is 294 g/mol. The van der Waals surface area contributed by atoms with E-state index in [1.54, 1.807) is 12.1 Å². The van der Waals surface area contributed by atoms with Gasteiger partial charge in [0.05, 0.1) is 5.56 Å². The molecule has 0 aliphatic carbocycles. The summed E-state index contributed by atoms with van der Waals surface area (Å²) in [5.41, 5.74) is 1.12. The number of hydrogen-bond donors (Lipinski definition) is 3. The summed E-state index contributed by atoms with van der Waals surface area (Å²) in [5, 5.41) is 14.5. The van der Waals surface area contributed by atoms with E-state index in [4.69, 9.17) is 5.11 Å². The normalized spacial score (nSPS) is 21.4. The molecule has 1 fully saturated rings. The number of aromatic carboxylic acids is 1. The fourth-order valence-corrected chi connectivity index (χ4v) is 3.42. The molecule has 0 bridgehead atoms. The molecule has 2 atom stereocenters. The first-order valence-corrected chi connectivity index (χ1v) is 7.66. The number of nitrogens with one attached hydrogen (secondary N) is 2. The van der Waals surface area contributed by atoms with Crippen LogP contribution in [0.25, 0.3) is 0 Å². The zero-order chi connectivity index (χ0) is 14.5. The molecule has 2 rings (SSSR count). The molecule has 0 saturated carbocycles. The highest BCUT2D eigenvalue weighted by Crippen LogP contribution is 2.23. The van der Waals surface area contributed by atoms with Crippen molar-refractivity contribution in [3.05, 3.63) is 35.4 Å². The number of carboxylic acids is 1. The van der Waals surface area contributed by atoms with Gasteiger partial charge in [-0.3, -0.25) is 0 Å². The fraction of sp³-hybridized carbons (Fsp3) is 0.429. The molecular weight excluding hydrogens is 276 g/mol. The van der Waals surface area contributed by atoms with Gasteiger partial charge in [-0.1, -0.05) is 19.1 Å². The molecule has 0 aromatic heterocycles. The molecule has 1 aliphatic rings. The third-order valence-electron chi connectivity index (χ3n) is 3.34. The second-order valence-corrected chi connectivity index (χ2v) is 6.03. The van der Waals surface area contributed by atoms with E-state index < -0.39 is 5.97 Å². The Morgan fingerprint density at radius 3 is 2.55 bits per heavy atom. The molecule has 108 valence electrons. The molecule has 0 radical (unpaired) electrons. The van der Waals surface area contributed by atoms with Gasteiger partial charge >= 0.3 is 12.0 Å². The van der Waals surface area contributed by atoms with Gasteiger partial charge in [-0.15, -0.1) is 0 Å². The fourth-order valence-electron chi connectivity index (χ4n) is 2.01. The number of hydrogen-bond acceptors (Lipinski definition) is 3. The van der Waals surface area contributed by atoms with Gasteiger partial charge in [-0.25, -0.2) is 9.59 Å². The maximum Gasteiger partial charge on any atom is 0.335 e. The Bertz CT molecular complexity index is 490. The van der Waals surface area contributed by atoms with Crippen molar-refractivity contribution in [3.8, 4) is 0 Å². The lowest BCUT2D eigenvalue weighted by Gasteiger charge is -2.16. The first kappa shape index (κ1) is 14.7. The molecule has 3 N–H and O–H groups in total. The molecule has 0 spiro atoms. The number of rotatable bonds is 4. The number of amides is 2. The van der Waals surface area contributed by atoms with Crippen LogP contribution >= 0.6 is 11.8 Å². The molecule has 1 aromatic carbocycles. The SMILES string of the molecule is CC1CSCC1NC(=O)NCc1ccc(C(=O)O)cc1. The van der Waals surface area contributed by atoms with Crippen LogP contribution in [0.4, 0.5) is 4.79 Å². The van der Waals surface area contributed by atoms with E-state index in [1.165, 1.54) is 12.1 Å². The van der Waals surface area contributed by atoms with Crippen molar-refractivity contribution in [1.82, 2.24) is 10.6 Å². The number of benzene rings is 1. The third kappa shape index (κ3) is 3.90. The van der Waals surface area contributed by atoms with E-state index in [2.05, 4.69) is 17.6 Å². The molecular formula is C14H18N2O3S. The third-order valence-corrected chi connectivity index (χ3v) is 4.69. The zero-order valence-electron chi connectivity index (χ0n) is 11.3. The van der Waals surface area contributed by atoms with Gasteiger partial charge in [0.25, 0.3) is 0 Å². The molecule has 2 unspecified atom stereocenters. The standard InChI is InChI=1S/C14H18N2O3S/c1-9-7-20-8-12(9)16-14(19)15-6-10-2-4-11(5-3-10)13(17)18/h2-5,9,12H,6-8H2,1H3,(H,17,18)(H2,15,16,19). The Balaban J connectivity index is 1.79. The second kappa shape index (κ2) is 6.65. The van der Waals surface area contributed by atoms with E-state index >= 15 is 0 Å². The summed E-state index contributed by atoms with van der Waals surface area (Å²) in [6, 6.07) is 6.54. The van der Waals surface area contributed by atoms with E-state index in [0.717, 1.165) is 17.1 Å². The van der Waals surface area contributed by atoms with E-state index in [0.29, 0.717) is 12.5 Å². The predicted octanol–water partition coefficient (Wildman–Crippen LogP) is 1.94. The van der Waals surface area contributed by atoms with Crippen LogP contribution < -0.4 is 10.6 Å². The molecule has 5 nitrogen and oxygen atoms in total. The van der Waals surface area contributed by atoms with Gasteiger partial charge in [0.2, 0.25) is 0 Å². The summed E-state index contributed by atoms with van der Waals surface area (Å²) in [7, 11) is 0. The van der Waals surface area contributed by atoms with Crippen LogP contribution in [-0.2, 0) is 6.54 Å². The molecule has 1 saturated heterocycles. The molecule has 1 heterocycles. The van der Waals surface area contributed by atoms with Gasteiger partial charge in [0, 0.05) is 18.3 Å². The largest absolute Gasteiger partial charge is 0.478 e. The monoisotopic (exact) mass is 294 g/mol. The van der Waals surface area contributed by atoms with Crippen molar-refractivity contribution >= 4 is 23.8 Å². The van der Waals surface area contributed by atoms with Crippen LogP contribution in [0.2, 0.25) is 0 Å². The van der Waals surface area contributed by atoms with E-state index in [-0.39, 0.29) is 17.6 Å². The molecule has 1 aromatic rings. The quantitative estimate of drug-likeness (QED) is 0.793. The van der Waals surface area contributed by atoms with Crippen LogP contribution in [0.5, 0.6) is 0 Å². The molecule has 1 aliphatic heterocycles. The maximum absolute atomic E-state index is 11.8. The van der Waals surface area contributed by atoms with Crippen LogP contribution in [-0.4, -0.2) is 34.7 Å². The van der Waals surface area contributed by atoms with Crippen LogP contribution in [0, 0.1) is 5.92 Å². The van der Waals surface area contributed by atoms with Gasteiger partial charge in [-0.2, -0.15) is 11.8 Å². The Morgan fingerprint density at radius 1 is 1.30 bits per heavy atom. The summed E-state index contributed by atoms with van der Waals surface area (Å²) in [6.07, 6.45) is 0. The topological polar surface area (TPSA) is 78.4 Å². The highest BCUT2D eigenvalue weighted by molar-refractivity contribution is 7.99. The second-order valence-electron chi connectivity index (χ2n) is 4.95. The highest BCUT2D eigenvalue weighted by Gasteiger charge is 2.25. The molecule has 6 heteroatoms. The molecule has 2 amide bonds. The number of thioether (sulfide) groups is 1. The van der Waals surface area contributed by atoms with Crippen molar-refractivity contribution < 1.29 is 14.7 Å². The van der Waals surface area contributed by atoms with Crippen LogP contribution in [0.15, 0.2) is 24.3 Å². The summed E-state index contributed by atoms with van der Waals surface area (Å²) < 4.78 is 0. The minimum atomic E-state index is -0.949. The number of carboxylic acid groups (broad SMARTS) is 1. The minimum absolute atomic E-state index is 0.174. The minimum Gasteiger partial charge on any atom is -0.478 e. The maximum atomic E-state index is 11.8. The lowest BCUT2D eigenvalue weighted by molar-refractivity contribution is 0.0697. The van der Waals surface area contributed by atoms with Gasteiger partial charge in [0.1, 0.15) is 0 Å². The summed E-state index contributed by atoms with van der Waals surface area (Å²) in [5.74, 6) is 1.60. The first-order valence-electron chi connectivity index (χ1n) is 6.50. The van der Waals surface area contributed by atoms with Gasteiger partial charge in [-0.05, 0) is 29.4 Å². The number of carbonyl (C=O) groups excluding carboxylic acids is 1. The first-order chi connectivity index (χ1) is 9.56. The van der Waals surface area contributed by atoms with Gasteiger partial charge < -0.3 is 15.7 Å². The predicted molar refractivity (Wildman–Crippen MR) is 79.0 cm³/mol. The number of carbonyl (C=O) groups is 2. The summed E-state index contributed by atoms with van der Waals surface area (Å²) in [6.45, 7) is 2.52. The number of urea groups is 1. The van der Waals surface area contributed by atoms with E-state index in [9.17, 15) is 9.59 Å². The lowest BCUT2D eigenvalue weighted by atomic mass is 10.1. The lowest BCUT2D eigenvalue weighted by Crippen LogP contribution is -2.44. The van der Waals surface area contributed by atoms with Crippen LogP contribution in [0.3, 0.4) is 0 Å². The Morgan fingerprint density at radius 2 is 2.00 bits per heavy atom. The van der Waals surface area contributed by atoms with Crippen molar-refractivity contribution in [1.29, 1.82) is 0 Å². The summed E-state index contributed by atoms with van der Waals surface area (Å²) in [4.78, 5) is 22.5.